The summed E-state index contributed by atoms with van der Waals surface area (Å²) in [6.07, 6.45) is 1.88. The van der Waals surface area contributed by atoms with Gasteiger partial charge in [0.05, 0.1) is 13.4 Å². The monoisotopic (exact) mass is 447 g/mol. The maximum Gasteiger partial charge on any atom is 0.287 e. The topological polar surface area (TPSA) is 75.0 Å². The highest BCUT2D eigenvalue weighted by Crippen LogP contribution is 2.15. The Morgan fingerprint density at radius 3 is 2.30 bits per heavy atom. The molecule has 4 rings (SSSR count). The van der Waals surface area contributed by atoms with Gasteiger partial charge in [-0.15, -0.1) is 0 Å². The molecule has 1 N–H and O–H groups in total. The second-order valence-corrected chi connectivity index (χ2v) is 8.14. The molecule has 0 spiro atoms. The molecule has 0 saturated carbocycles. The van der Waals surface area contributed by atoms with E-state index in [4.69, 9.17) is 9.15 Å². The first-order valence-corrected chi connectivity index (χ1v) is 11.1. The molecule has 33 heavy (non-hydrogen) atoms. The number of piperazine rings is 1. The van der Waals surface area contributed by atoms with Gasteiger partial charge in [0.2, 0.25) is 5.91 Å². The number of methoxy groups -OCH3 is 1. The van der Waals surface area contributed by atoms with Crippen LogP contribution >= 0.6 is 0 Å². The summed E-state index contributed by atoms with van der Waals surface area (Å²) in [6, 6.07) is 20.4. The van der Waals surface area contributed by atoms with Crippen molar-refractivity contribution in [2.45, 2.75) is 19.0 Å². The van der Waals surface area contributed by atoms with Crippen molar-refractivity contribution in [1.82, 2.24) is 15.1 Å². The van der Waals surface area contributed by atoms with Crippen LogP contribution < -0.4 is 10.1 Å². The number of nitrogens with zero attached hydrogens (tertiary/aromatic N) is 2. The fraction of sp³-hybridized carbons (Fsp3) is 0.308. The van der Waals surface area contributed by atoms with Gasteiger partial charge in [-0.3, -0.25) is 14.5 Å². The average molecular weight is 448 g/mol. The standard InChI is InChI=1S/C26H29N3O4/c1-32-22-11-9-21(10-12-22)19-28-13-15-29(16-14-28)26(31)23(18-20-6-3-2-4-7-20)27-25(30)24-8-5-17-33-24/h2-12,17,23H,13-16,18-19H2,1H3,(H,27,30)/t23-/m0/s1. The van der Waals surface area contributed by atoms with E-state index in [9.17, 15) is 9.59 Å². The van der Waals surface area contributed by atoms with Crippen molar-refractivity contribution in [3.63, 3.8) is 0 Å². The number of ether oxygens (including phenoxy) is 1. The molecule has 2 amide bonds. The van der Waals surface area contributed by atoms with Crippen molar-refractivity contribution < 1.29 is 18.7 Å². The third kappa shape index (κ3) is 6.02. The van der Waals surface area contributed by atoms with Gasteiger partial charge in [0.1, 0.15) is 11.8 Å². The molecule has 0 radical (unpaired) electrons. The summed E-state index contributed by atoms with van der Waals surface area (Å²) in [6.45, 7) is 3.63. The van der Waals surface area contributed by atoms with E-state index in [1.54, 1.807) is 19.2 Å². The van der Waals surface area contributed by atoms with Crippen LogP contribution in [0, 0.1) is 0 Å². The molecular weight excluding hydrogens is 418 g/mol. The lowest BCUT2D eigenvalue weighted by Gasteiger charge is -2.36. The predicted octanol–water partition coefficient (Wildman–Crippen LogP) is 2.97. The molecular formula is C26H29N3O4. The summed E-state index contributed by atoms with van der Waals surface area (Å²) < 4.78 is 10.4. The van der Waals surface area contributed by atoms with Gasteiger partial charge in [-0.1, -0.05) is 42.5 Å². The Balaban J connectivity index is 1.37. The van der Waals surface area contributed by atoms with E-state index in [-0.39, 0.29) is 17.6 Å². The molecule has 3 aromatic rings. The SMILES string of the molecule is COc1ccc(CN2CCN(C(=O)[C@H](Cc3ccccc3)NC(=O)c3ccco3)CC2)cc1. The molecule has 172 valence electrons. The Bertz CT molecular complexity index is 1030. The fourth-order valence-electron chi connectivity index (χ4n) is 4.02. The minimum absolute atomic E-state index is 0.0668. The number of nitrogens with one attached hydrogen (secondary N) is 1. The lowest BCUT2D eigenvalue weighted by Crippen LogP contribution is -2.55. The third-order valence-electron chi connectivity index (χ3n) is 5.88. The number of carbonyl (C=O) groups is 2. The summed E-state index contributed by atoms with van der Waals surface area (Å²) in [5.41, 5.74) is 2.21. The lowest BCUT2D eigenvalue weighted by molar-refractivity contribution is -0.135. The van der Waals surface area contributed by atoms with Crippen LogP contribution in [0.1, 0.15) is 21.7 Å². The van der Waals surface area contributed by atoms with Gasteiger partial charge >= 0.3 is 0 Å². The van der Waals surface area contributed by atoms with Gasteiger partial charge in [0, 0.05) is 39.1 Å². The van der Waals surface area contributed by atoms with Gasteiger partial charge in [-0.05, 0) is 35.4 Å². The number of amides is 2. The van der Waals surface area contributed by atoms with Crippen LogP contribution in [-0.2, 0) is 17.8 Å². The Morgan fingerprint density at radius 1 is 0.939 bits per heavy atom. The zero-order valence-corrected chi connectivity index (χ0v) is 18.8. The number of hydrogen-bond donors (Lipinski definition) is 1. The quantitative estimate of drug-likeness (QED) is 0.575. The summed E-state index contributed by atoms with van der Waals surface area (Å²) in [7, 11) is 1.66. The first kappa shape index (κ1) is 22.6. The van der Waals surface area contributed by atoms with E-state index in [1.807, 2.05) is 47.4 Å². The summed E-state index contributed by atoms with van der Waals surface area (Å²) in [5, 5.41) is 2.88. The van der Waals surface area contributed by atoms with E-state index in [2.05, 4.69) is 22.3 Å². The normalized spacial score (nSPS) is 15.1. The van der Waals surface area contributed by atoms with Gasteiger partial charge in [-0.25, -0.2) is 0 Å². The number of furan rings is 1. The minimum atomic E-state index is -0.655. The van der Waals surface area contributed by atoms with E-state index in [0.717, 1.165) is 30.9 Å². The number of benzene rings is 2. The van der Waals surface area contributed by atoms with Crippen molar-refractivity contribution in [1.29, 1.82) is 0 Å². The van der Waals surface area contributed by atoms with E-state index < -0.39 is 6.04 Å². The highest BCUT2D eigenvalue weighted by Gasteiger charge is 2.29. The van der Waals surface area contributed by atoms with Crippen LogP contribution in [0.15, 0.2) is 77.4 Å². The van der Waals surface area contributed by atoms with Crippen molar-refractivity contribution in [2.75, 3.05) is 33.3 Å². The van der Waals surface area contributed by atoms with Crippen LogP contribution in [0.25, 0.3) is 0 Å². The maximum atomic E-state index is 13.4. The third-order valence-corrected chi connectivity index (χ3v) is 5.88. The molecule has 1 aliphatic heterocycles. The van der Waals surface area contributed by atoms with E-state index >= 15 is 0 Å². The number of rotatable bonds is 8. The van der Waals surface area contributed by atoms with Crippen LogP contribution in [0.4, 0.5) is 0 Å². The van der Waals surface area contributed by atoms with Crippen LogP contribution in [0.3, 0.4) is 0 Å². The first-order valence-electron chi connectivity index (χ1n) is 11.1. The van der Waals surface area contributed by atoms with Gasteiger partial charge < -0.3 is 19.4 Å². The molecule has 7 nitrogen and oxygen atoms in total. The van der Waals surface area contributed by atoms with E-state index in [0.29, 0.717) is 19.5 Å². The molecule has 1 fully saturated rings. The Labute approximate surface area is 193 Å². The van der Waals surface area contributed by atoms with Gasteiger partial charge in [0.15, 0.2) is 5.76 Å². The first-order chi connectivity index (χ1) is 16.1. The van der Waals surface area contributed by atoms with Crippen molar-refractivity contribution in [3.8, 4) is 5.75 Å². The summed E-state index contributed by atoms with van der Waals surface area (Å²) in [5.74, 6) is 0.593. The summed E-state index contributed by atoms with van der Waals surface area (Å²) in [4.78, 5) is 30.2. The zero-order chi connectivity index (χ0) is 23.0. The number of hydrogen-bond acceptors (Lipinski definition) is 5. The molecule has 1 aliphatic rings. The second-order valence-electron chi connectivity index (χ2n) is 8.14. The van der Waals surface area contributed by atoms with E-state index in [1.165, 1.54) is 11.8 Å². The molecule has 7 heteroatoms. The predicted molar refractivity (Wildman–Crippen MR) is 125 cm³/mol. The zero-order valence-electron chi connectivity index (χ0n) is 18.8. The largest absolute Gasteiger partial charge is 0.497 e. The fourth-order valence-corrected chi connectivity index (χ4v) is 4.02. The molecule has 1 saturated heterocycles. The van der Waals surface area contributed by atoms with Gasteiger partial charge in [0.25, 0.3) is 5.91 Å². The van der Waals surface area contributed by atoms with Crippen molar-refractivity contribution in [3.05, 3.63) is 89.9 Å². The highest BCUT2D eigenvalue weighted by atomic mass is 16.5. The Hall–Kier alpha value is -3.58. The molecule has 2 aromatic carbocycles. The maximum absolute atomic E-state index is 13.4. The Morgan fingerprint density at radius 2 is 1.67 bits per heavy atom. The van der Waals surface area contributed by atoms with Crippen LogP contribution in [-0.4, -0.2) is 60.9 Å². The number of carbonyl (C=O) groups excluding carboxylic acids is 2. The van der Waals surface area contributed by atoms with Crippen molar-refractivity contribution >= 4 is 11.8 Å². The second kappa shape index (κ2) is 10.8. The molecule has 1 aromatic heterocycles. The van der Waals surface area contributed by atoms with Crippen LogP contribution in [0.5, 0.6) is 5.75 Å². The Kier molecular flexibility index (Phi) is 7.42. The molecule has 0 bridgehead atoms. The van der Waals surface area contributed by atoms with Crippen LogP contribution in [0.2, 0.25) is 0 Å². The van der Waals surface area contributed by atoms with Crippen molar-refractivity contribution in [2.24, 2.45) is 0 Å². The lowest BCUT2D eigenvalue weighted by atomic mass is 10.0. The molecule has 0 aliphatic carbocycles. The smallest absolute Gasteiger partial charge is 0.287 e. The van der Waals surface area contributed by atoms with Gasteiger partial charge in [-0.2, -0.15) is 0 Å². The summed E-state index contributed by atoms with van der Waals surface area (Å²) >= 11 is 0. The average Bonchev–Trinajstić information content (AvgIpc) is 3.40. The highest BCUT2D eigenvalue weighted by molar-refractivity contribution is 5.95. The minimum Gasteiger partial charge on any atom is -0.497 e. The molecule has 2 heterocycles. The molecule has 1 atom stereocenters. The molecule has 0 unspecified atom stereocenters.